The molecule has 152 valence electrons. The highest BCUT2D eigenvalue weighted by atomic mass is 16.5. The Morgan fingerprint density at radius 3 is 2.72 bits per heavy atom. The van der Waals surface area contributed by atoms with E-state index >= 15 is 0 Å². The van der Waals surface area contributed by atoms with Crippen LogP contribution in [0.5, 0.6) is 0 Å². The van der Waals surface area contributed by atoms with E-state index in [9.17, 15) is 14.4 Å². The number of fused-ring (bicyclic) bond motifs is 1. The highest BCUT2D eigenvalue weighted by molar-refractivity contribution is 6.08. The molecule has 0 saturated heterocycles. The molecule has 0 unspecified atom stereocenters. The minimum Gasteiger partial charge on any atom is -0.462 e. The molecule has 8 heteroatoms. The van der Waals surface area contributed by atoms with Crippen LogP contribution in [0, 0.1) is 0 Å². The van der Waals surface area contributed by atoms with Gasteiger partial charge in [0.15, 0.2) is 11.5 Å². The number of carbonyl (C=O) groups is 3. The van der Waals surface area contributed by atoms with Crippen molar-refractivity contribution < 1.29 is 19.1 Å². The number of hydrogen-bond acceptors (Lipinski definition) is 5. The van der Waals surface area contributed by atoms with Crippen LogP contribution in [0.3, 0.4) is 0 Å². The lowest BCUT2D eigenvalue weighted by Gasteiger charge is -2.17. The van der Waals surface area contributed by atoms with Crippen molar-refractivity contribution in [3.8, 4) is 0 Å². The number of carbonyl (C=O) groups excluding carboxylic acids is 3. The molecule has 1 fully saturated rings. The summed E-state index contributed by atoms with van der Waals surface area (Å²) in [4.78, 5) is 42.2. The SMILES string of the molecule is CCOC(=O)c1ccccc1NC(=O)c1nc(C(=O)NC2CC2)n2c1CCCC2. The normalized spacial score (nSPS) is 15.3. The largest absolute Gasteiger partial charge is 0.462 e. The van der Waals surface area contributed by atoms with Crippen molar-refractivity contribution in [2.75, 3.05) is 11.9 Å². The average molecular weight is 396 g/mol. The van der Waals surface area contributed by atoms with E-state index in [0.717, 1.165) is 31.4 Å². The lowest BCUT2D eigenvalue weighted by molar-refractivity contribution is 0.0527. The van der Waals surface area contributed by atoms with Crippen LogP contribution in [-0.2, 0) is 17.7 Å². The number of benzene rings is 1. The van der Waals surface area contributed by atoms with E-state index in [1.807, 2.05) is 4.57 Å². The van der Waals surface area contributed by atoms with Crippen molar-refractivity contribution in [3.63, 3.8) is 0 Å². The van der Waals surface area contributed by atoms with Gasteiger partial charge in [-0.15, -0.1) is 0 Å². The Bertz CT molecular complexity index is 962. The van der Waals surface area contributed by atoms with Crippen LogP contribution in [0.2, 0.25) is 0 Å². The third-order valence-electron chi connectivity index (χ3n) is 5.12. The molecule has 0 atom stereocenters. The number of para-hydroxylation sites is 1. The topological polar surface area (TPSA) is 102 Å². The lowest BCUT2D eigenvalue weighted by Crippen LogP contribution is -2.29. The maximum absolute atomic E-state index is 13.0. The van der Waals surface area contributed by atoms with Gasteiger partial charge >= 0.3 is 5.97 Å². The van der Waals surface area contributed by atoms with Gasteiger partial charge in [-0.3, -0.25) is 9.59 Å². The zero-order valence-electron chi connectivity index (χ0n) is 16.4. The molecule has 1 saturated carbocycles. The highest BCUT2D eigenvalue weighted by Gasteiger charge is 2.31. The van der Waals surface area contributed by atoms with Crippen molar-refractivity contribution in [3.05, 3.63) is 47.0 Å². The van der Waals surface area contributed by atoms with Gasteiger partial charge in [-0.05, 0) is 51.2 Å². The Balaban J connectivity index is 1.62. The fourth-order valence-corrected chi connectivity index (χ4v) is 3.54. The standard InChI is InChI=1S/C21H24N4O4/c1-2-29-21(28)14-7-3-4-8-15(14)23-19(26)17-16-9-5-6-12-25(16)18(24-17)20(27)22-13-10-11-13/h3-4,7-8,13H,2,5-6,9-12H2,1H3,(H,22,27)(H,23,26). The van der Waals surface area contributed by atoms with Gasteiger partial charge in [0.05, 0.1) is 23.6 Å². The number of aromatic nitrogens is 2. The summed E-state index contributed by atoms with van der Waals surface area (Å²) >= 11 is 0. The number of anilines is 1. The molecule has 1 aromatic heterocycles. The van der Waals surface area contributed by atoms with Crippen LogP contribution in [0.15, 0.2) is 24.3 Å². The molecule has 2 aliphatic rings. The zero-order valence-corrected chi connectivity index (χ0v) is 16.4. The van der Waals surface area contributed by atoms with E-state index in [1.165, 1.54) is 0 Å². The summed E-state index contributed by atoms with van der Waals surface area (Å²) in [5.74, 6) is -0.880. The molecule has 2 aromatic rings. The van der Waals surface area contributed by atoms with E-state index in [2.05, 4.69) is 15.6 Å². The molecule has 0 bridgehead atoms. The number of esters is 1. The average Bonchev–Trinajstić information content (AvgIpc) is 3.45. The molecule has 1 aliphatic carbocycles. The van der Waals surface area contributed by atoms with Gasteiger partial charge in [0.1, 0.15) is 0 Å². The van der Waals surface area contributed by atoms with Crippen LogP contribution in [0.1, 0.15) is 69.8 Å². The van der Waals surface area contributed by atoms with Gasteiger partial charge in [-0.1, -0.05) is 12.1 Å². The molecule has 0 spiro atoms. The van der Waals surface area contributed by atoms with Gasteiger partial charge in [-0.25, -0.2) is 9.78 Å². The smallest absolute Gasteiger partial charge is 0.340 e. The molecule has 0 radical (unpaired) electrons. The van der Waals surface area contributed by atoms with Crippen LogP contribution >= 0.6 is 0 Å². The second kappa shape index (κ2) is 8.06. The third-order valence-corrected chi connectivity index (χ3v) is 5.12. The van der Waals surface area contributed by atoms with Crippen molar-refractivity contribution in [1.82, 2.24) is 14.9 Å². The number of amides is 2. The van der Waals surface area contributed by atoms with Crippen LogP contribution < -0.4 is 10.6 Å². The van der Waals surface area contributed by atoms with Crippen molar-refractivity contribution in [2.45, 2.75) is 51.6 Å². The summed E-state index contributed by atoms with van der Waals surface area (Å²) in [5, 5.41) is 5.72. The maximum atomic E-state index is 13.0. The van der Waals surface area contributed by atoms with Crippen molar-refractivity contribution in [2.24, 2.45) is 0 Å². The first-order chi connectivity index (χ1) is 14.1. The van der Waals surface area contributed by atoms with Crippen molar-refractivity contribution >= 4 is 23.5 Å². The quantitative estimate of drug-likeness (QED) is 0.731. The highest BCUT2D eigenvalue weighted by Crippen LogP contribution is 2.25. The predicted molar refractivity (Wildman–Crippen MR) is 106 cm³/mol. The Morgan fingerprint density at radius 2 is 1.97 bits per heavy atom. The van der Waals surface area contributed by atoms with E-state index < -0.39 is 11.9 Å². The molecular formula is C21H24N4O4. The molecule has 4 rings (SSSR count). The fourth-order valence-electron chi connectivity index (χ4n) is 3.54. The monoisotopic (exact) mass is 396 g/mol. The molecule has 29 heavy (non-hydrogen) atoms. The van der Waals surface area contributed by atoms with Gasteiger partial charge in [0.2, 0.25) is 0 Å². The first-order valence-corrected chi connectivity index (χ1v) is 10.1. The van der Waals surface area contributed by atoms with E-state index in [1.54, 1.807) is 31.2 Å². The Hall–Kier alpha value is -3.16. The molecule has 2 amide bonds. The van der Waals surface area contributed by atoms with Crippen LogP contribution in [0.4, 0.5) is 5.69 Å². The molecule has 1 aliphatic heterocycles. The second-order valence-corrected chi connectivity index (χ2v) is 7.31. The summed E-state index contributed by atoms with van der Waals surface area (Å²) in [6, 6.07) is 6.90. The molecular weight excluding hydrogens is 372 g/mol. The van der Waals surface area contributed by atoms with Gasteiger partial charge in [-0.2, -0.15) is 0 Å². The predicted octanol–water partition coefficient (Wildman–Crippen LogP) is 2.54. The summed E-state index contributed by atoms with van der Waals surface area (Å²) in [6.07, 6.45) is 4.54. The van der Waals surface area contributed by atoms with E-state index in [0.29, 0.717) is 18.7 Å². The molecule has 8 nitrogen and oxygen atoms in total. The second-order valence-electron chi connectivity index (χ2n) is 7.31. The fraction of sp³-hybridized carbons (Fsp3) is 0.429. The van der Waals surface area contributed by atoms with Gasteiger partial charge in [0.25, 0.3) is 11.8 Å². The first kappa shape index (κ1) is 19.2. The van der Waals surface area contributed by atoms with Crippen molar-refractivity contribution in [1.29, 1.82) is 0 Å². The Morgan fingerprint density at radius 1 is 1.17 bits per heavy atom. The number of imidazole rings is 1. The summed E-state index contributed by atoms with van der Waals surface area (Å²) in [7, 11) is 0. The minimum absolute atomic E-state index is 0.216. The maximum Gasteiger partial charge on any atom is 0.340 e. The van der Waals surface area contributed by atoms with Crippen LogP contribution in [-0.4, -0.2) is 40.0 Å². The first-order valence-electron chi connectivity index (χ1n) is 10.1. The number of ether oxygens (including phenoxy) is 1. The lowest BCUT2D eigenvalue weighted by atomic mass is 10.1. The Kier molecular flexibility index (Phi) is 5.33. The Labute approximate surface area is 168 Å². The summed E-state index contributed by atoms with van der Waals surface area (Å²) in [6.45, 7) is 2.64. The molecule has 2 N–H and O–H groups in total. The zero-order chi connectivity index (χ0) is 20.4. The minimum atomic E-state index is -0.500. The van der Waals surface area contributed by atoms with Gasteiger partial charge < -0.3 is 19.9 Å². The molecule has 2 heterocycles. The van der Waals surface area contributed by atoms with Crippen LogP contribution in [0.25, 0.3) is 0 Å². The number of nitrogens with zero attached hydrogens (tertiary/aromatic N) is 2. The third kappa shape index (κ3) is 4.01. The number of rotatable bonds is 6. The molecule has 1 aromatic carbocycles. The summed E-state index contributed by atoms with van der Waals surface area (Å²) in [5.41, 5.74) is 1.65. The number of nitrogens with one attached hydrogen (secondary N) is 2. The van der Waals surface area contributed by atoms with E-state index in [-0.39, 0.29) is 35.6 Å². The van der Waals surface area contributed by atoms with Gasteiger partial charge in [0, 0.05) is 12.6 Å². The number of hydrogen-bond donors (Lipinski definition) is 2. The summed E-state index contributed by atoms with van der Waals surface area (Å²) < 4.78 is 6.92. The van der Waals surface area contributed by atoms with E-state index in [4.69, 9.17) is 4.74 Å².